The fraction of sp³-hybridized carbons (Fsp3) is 1.00. The van der Waals surface area contributed by atoms with Crippen molar-refractivity contribution < 1.29 is 0 Å². The molecule has 1 spiro atoms. The first-order valence-electron chi connectivity index (χ1n) is 4.17. The molecule has 0 aromatic heterocycles. The number of nitrogens with zero attached hydrogens (tertiary/aromatic N) is 1. The highest BCUT2D eigenvalue weighted by Gasteiger charge is 2.59. The Bertz CT molecular complexity index is 135. The van der Waals surface area contributed by atoms with Crippen molar-refractivity contribution >= 4 is 0 Å². The summed E-state index contributed by atoms with van der Waals surface area (Å²) in [5.41, 5.74) is 0.806. The third-order valence-corrected chi connectivity index (χ3v) is 3.88. The normalized spacial score (nSPS) is 55.3. The Morgan fingerprint density at radius 1 is 1.11 bits per heavy atom. The van der Waals surface area contributed by atoms with Gasteiger partial charge in [0.15, 0.2) is 0 Å². The van der Waals surface area contributed by atoms with Gasteiger partial charge in [0.1, 0.15) is 0 Å². The van der Waals surface area contributed by atoms with Crippen molar-refractivity contribution in [3.05, 3.63) is 0 Å². The fourth-order valence-corrected chi connectivity index (χ4v) is 3.04. The van der Waals surface area contributed by atoms with Gasteiger partial charge in [-0.3, -0.25) is 4.90 Å². The monoisotopic (exact) mass is 123 g/mol. The lowest BCUT2D eigenvalue weighted by Gasteiger charge is -2.58. The second kappa shape index (κ2) is 1.20. The van der Waals surface area contributed by atoms with Crippen molar-refractivity contribution in [2.75, 3.05) is 13.1 Å². The molecule has 0 bridgehead atoms. The standard InChI is InChI=1S/C8H13N/c1-3-8-4-6-9(8)5-2-7(1)8/h7H,1-6H2/t7-,8?/m1/s1. The van der Waals surface area contributed by atoms with E-state index in [0.29, 0.717) is 0 Å². The second-order valence-corrected chi connectivity index (χ2v) is 3.86. The molecule has 1 heteroatoms. The van der Waals surface area contributed by atoms with Gasteiger partial charge in [-0.2, -0.15) is 0 Å². The molecule has 3 fully saturated rings. The van der Waals surface area contributed by atoms with Gasteiger partial charge >= 0.3 is 0 Å². The molecule has 2 heterocycles. The first kappa shape index (κ1) is 4.73. The van der Waals surface area contributed by atoms with E-state index < -0.39 is 0 Å². The number of hydrogen-bond acceptors (Lipinski definition) is 1. The summed E-state index contributed by atoms with van der Waals surface area (Å²) in [5.74, 6) is 1.13. The molecule has 0 aromatic carbocycles. The largest absolute Gasteiger partial charge is 0.297 e. The zero-order chi connectivity index (χ0) is 5.90. The minimum Gasteiger partial charge on any atom is -0.297 e. The van der Waals surface area contributed by atoms with Crippen LogP contribution in [0, 0.1) is 5.92 Å². The lowest BCUT2D eigenvalue weighted by molar-refractivity contribution is -0.0659. The average Bonchev–Trinajstić information content (AvgIpc) is 1.85. The topological polar surface area (TPSA) is 3.24 Å². The van der Waals surface area contributed by atoms with Crippen molar-refractivity contribution in [3.8, 4) is 0 Å². The van der Waals surface area contributed by atoms with E-state index in [-0.39, 0.29) is 0 Å². The first-order valence-corrected chi connectivity index (χ1v) is 4.17. The van der Waals surface area contributed by atoms with E-state index in [1.54, 1.807) is 0 Å². The van der Waals surface area contributed by atoms with Crippen LogP contribution in [-0.4, -0.2) is 23.5 Å². The van der Waals surface area contributed by atoms with Crippen LogP contribution >= 0.6 is 0 Å². The molecule has 1 nitrogen and oxygen atoms in total. The van der Waals surface area contributed by atoms with Crippen LogP contribution in [0.4, 0.5) is 0 Å². The summed E-state index contributed by atoms with van der Waals surface area (Å²) >= 11 is 0. The van der Waals surface area contributed by atoms with Gasteiger partial charge in [0.05, 0.1) is 0 Å². The molecule has 0 aromatic rings. The zero-order valence-electron chi connectivity index (χ0n) is 5.77. The molecule has 1 saturated carbocycles. The van der Waals surface area contributed by atoms with Crippen molar-refractivity contribution in [1.29, 1.82) is 0 Å². The van der Waals surface area contributed by atoms with Gasteiger partial charge in [0.25, 0.3) is 0 Å². The van der Waals surface area contributed by atoms with Crippen LogP contribution in [0.5, 0.6) is 0 Å². The lowest BCUT2D eigenvalue weighted by atomic mass is 9.62. The Kier molecular flexibility index (Phi) is 0.628. The molecule has 0 N–H and O–H groups in total. The predicted molar refractivity (Wildman–Crippen MR) is 36.3 cm³/mol. The van der Waals surface area contributed by atoms with Crippen LogP contribution in [0.2, 0.25) is 0 Å². The number of rotatable bonds is 0. The Morgan fingerprint density at radius 2 is 2.11 bits per heavy atom. The molecule has 50 valence electrons. The van der Waals surface area contributed by atoms with Crippen LogP contribution in [0.1, 0.15) is 25.7 Å². The molecule has 1 unspecified atom stereocenters. The zero-order valence-corrected chi connectivity index (χ0v) is 5.77. The van der Waals surface area contributed by atoms with E-state index in [1.807, 2.05) is 0 Å². The molecular weight excluding hydrogens is 110 g/mol. The molecule has 3 aliphatic rings. The first-order chi connectivity index (χ1) is 4.42. The van der Waals surface area contributed by atoms with Gasteiger partial charge < -0.3 is 0 Å². The third kappa shape index (κ3) is 0.337. The molecule has 0 amide bonds. The maximum atomic E-state index is 2.71. The Hall–Kier alpha value is -0.0400. The predicted octanol–water partition coefficient (Wildman–Crippen LogP) is 1.24. The Morgan fingerprint density at radius 3 is 2.44 bits per heavy atom. The minimum absolute atomic E-state index is 0.806. The van der Waals surface area contributed by atoms with Gasteiger partial charge in [-0.05, 0) is 38.1 Å². The highest BCUT2D eigenvalue weighted by Crippen LogP contribution is 2.57. The molecule has 0 radical (unpaired) electrons. The van der Waals surface area contributed by atoms with E-state index in [1.165, 1.54) is 38.8 Å². The minimum atomic E-state index is 0.806. The third-order valence-electron chi connectivity index (χ3n) is 3.88. The molecule has 9 heavy (non-hydrogen) atoms. The van der Waals surface area contributed by atoms with Crippen molar-refractivity contribution in [3.63, 3.8) is 0 Å². The Balaban J connectivity index is 1.97. The fourth-order valence-electron chi connectivity index (χ4n) is 3.04. The van der Waals surface area contributed by atoms with Crippen LogP contribution in [0.15, 0.2) is 0 Å². The molecule has 2 saturated heterocycles. The number of hydrogen-bond donors (Lipinski definition) is 0. The summed E-state index contributed by atoms with van der Waals surface area (Å²) in [7, 11) is 0. The van der Waals surface area contributed by atoms with E-state index in [0.717, 1.165) is 11.5 Å². The highest BCUT2D eigenvalue weighted by molar-refractivity contribution is 5.14. The molecule has 3 rings (SSSR count). The van der Waals surface area contributed by atoms with E-state index in [9.17, 15) is 0 Å². The summed E-state index contributed by atoms with van der Waals surface area (Å²) in [4.78, 5) is 2.71. The molecule has 2 atom stereocenters. The SMILES string of the molecule is C1CN2CCC23CC[C@H]13. The van der Waals surface area contributed by atoms with Crippen LogP contribution < -0.4 is 0 Å². The van der Waals surface area contributed by atoms with Gasteiger partial charge in [-0.25, -0.2) is 0 Å². The van der Waals surface area contributed by atoms with Crippen LogP contribution in [-0.2, 0) is 0 Å². The average molecular weight is 123 g/mol. The van der Waals surface area contributed by atoms with Gasteiger partial charge in [-0.15, -0.1) is 0 Å². The van der Waals surface area contributed by atoms with Gasteiger partial charge in [0.2, 0.25) is 0 Å². The summed E-state index contributed by atoms with van der Waals surface area (Å²) in [6.07, 6.45) is 6.10. The van der Waals surface area contributed by atoms with Crippen molar-refractivity contribution in [2.24, 2.45) is 5.92 Å². The van der Waals surface area contributed by atoms with Crippen molar-refractivity contribution in [1.82, 2.24) is 4.90 Å². The molecular formula is C8H13N. The quantitative estimate of drug-likeness (QED) is 0.468. The maximum absolute atomic E-state index is 2.71. The second-order valence-electron chi connectivity index (χ2n) is 3.86. The summed E-state index contributed by atoms with van der Waals surface area (Å²) in [6.45, 7) is 2.83. The van der Waals surface area contributed by atoms with Crippen LogP contribution in [0.25, 0.3) is 0 Å². The summed E-state index contributed by atoms with van der Waals surface area (Å²) in [6, 6.07) is 0. The van der Waals surface area contributed by atoms with Gasteiger partial charge in [0, 0.05) is 12.1 Å². The summed E-state index contributed by atoms with van der Waals surface area (Å²) in [5, 5.41) is 0. The van der Waals surface area contributed by atoms with Crippen molar-refractivity contribution in [2.45, 2.75) is 31.2 Å². The lowest BCUT2D eigenvalue weighted by Crippen LogP contribution is -2.63. The Labute approximate surface area is 56.0 Å². The highest BCUT2D eigenvalue weighted by atomic mass is 15.3. The van der Waals surface area contributed by atoms with E-state index in [2.05, 4.69) is 4.90 Å². The van der Waals surface area contributed by atoms with Crippen LogP contribution in [0.3, 0.4) is 0 Å². The molecule has 2 aliphatic heterocycles. The van der Waals surface area contributed by atoms with E-state index in [4.69, 9.17) is 0 Å². The maximum Gasteiger partial charge on any atom is 0.0250 e. The van der Waals surface area contributed by atoms with E-state index >= 15 is 0 Å². The van der Waals surface area contributed by atoms with Gasteiger partial charge in [-0.1, -0.05) is 0 Å². The molecule has 1 aliphatic carbocycles. The smallest absolute Gasteiger partial charge is 0.0250 e. The summed E-state index contributed by atoms with van der Waals surface area (Å²) < 4.78 is 0.